The van der Waals surface area contributed by atoms with Gasteiger partial charge in [0.2, 0.25) is 0 Å². The predicted octanol–water partition coefficient (Wildman–Crippen LogP) is 2.91. The van der Waals surface area contributed by atoms with Crippen LogP contribution in [0.5, 0.6) is 0 Å². The van der Waals surface area contributed by atoms with Crippen LogP contribution in [0.15, 0.2) is 29.2 Å². The van der Waals surface area contributed by atoms with Crippen molar-refractivity contribution in [1.82, 2.24) is 5.32 Å². The molecular weight excluding hydrogens is 254 g/mol. The van der Waals surface area contributed by atoms with Crippen molar-refractivity contribution in [1.29, 1.82) is 0 Å². The van der Waals surface area contributed by atoms with E-state index in [0.29, 0.717) is 6.04 Å². The van der Waals surface area contributed by atoms with Gasteiger partial charge in [-0.3, -0.25) is 0 Å². The maximum atomic E-state index is 11.3. The third kappa shape index (κ3) is 3.88. The highest BCUT2D eigenvalue weighted by molar-refractivity contribution is 7.90. The van der Waals surface area contributed by atoms with E-state index in [2.05, 4.69) is 24.4 Å². The molecule has 0 radical (unpaired) electrons. The zero-order valence-corrected chi connectivity index (χ0v) is 11.9. The normalized spacial score (nSPS) is 26.1. The molecule has 0 amide bonds. The number of rotatable bonds is 2. The van der Waals surface area contributed by atoms with Gasteiger partial charge in [-0.25, -0.2) is 0 Å². The van der Waals surface area contributed by atoms with Crippen LogP contribution in [0, 0.1) is 5.92 Å². The van der Waals surface area contributed by atoms with Crippen molar-refractivity contribution in [3.63, 3.8) is 0 Å². The Morgan fingerprint density at radius 2 is 1.94 bits per heavy atom. The Bertz CT molecular complexity index is 342. The summed E-state index contributed by atoms with van der Waals surface area (Å²) in [5.74, 6) is 0.797. The van der Waals surface area contributed by atoms with Crippen LogP contribution in [-0.4, -0.2) is 17.4 Å². The maximum Gasteiger partial charge on any atom is 0.152 e. The van der Waals surface area contributed by atoms with E-state index in [1.165, 1.54) is 18.4 Å². The van der Waals surface area contributed by atoms with Gasteiger partial charge in [0.1, 0.15) is 6.26 Å². The summed E-state index contributed by atoms with van der Waals surface area (Å²) in [6.07, 6.45) is 4.19. The van der Waals surface area contributed by atoms with Gasteiger partial charge in [-0.05, 0) is 54.2 Å². The summed E-state index contributed by atoms with van der Waals surface area (Å²) in [4.78, 5) is 0.910. The summed E-state index contributed by atoms with van der Waals surface area (Å²) < 4.78 is 11.3. The van der Waals surface area contributed by atoms with Crippen molar-refractivity contribution < 1.29 is 4.55 Å². The Morgan fingerprint density at radius 1 is 1.29 bits per heavy atom. The maximum absolute atomic E-state index is 11.3. The Kier molecular flexibility index (Phi) is 5.80. The Morgan fingerprint density at radius 3 is 2.47 bits per heavy atom. The average molecular weight is 274 g/mol. The second-order valence-electron chi connectivity index (χ2n) is 4.66. The van der Waals surface area contributed by atoms with E-state index in [1.54, 1.807) is 6.26 Å². The number of hydrogen-bond donors (Lipinski definition) is 1. The van der Waals surface area contributed by atoms with Crippen molar-refractivity contribution in [2.24, 2.45) is 5.92 Å². The molecule has 0 aliphatic carbocycles. The molecule has 1 aromatic carbocycles. The van der Waals surface area contributed by atoms with Crippen molar-refractivity contribution in [3.8, 4) is 0 Å². The highest BCUT2D eigenvalue weighted by Crippen LogP contribution is 2.27. The number of piperidine rings is 1. The lowest BCUT2D eigenvalue weighted by Crippen LogP contribution is -2.30. The largest absolute Gasteiger partial charge is 0.612 e. The van der Waals surface area contributed by atoms with Crippen molar-refractivity contribution in [2.75, 3.05) is 12.8 Å². The highest BCUT2D eigenvalue weighted by Gasteiger charge is 2.19. The molecule has 4 heteroatoms. The Labute approximate surface area is 113 Å². The van der Waals surface area contributed by atoms with Gasteiger partial charge in [-0.2, -0.15) is 0 Å². The quantitative estimate of drug-likeness (QED) is 0.841. The van der Waals surface area contributed by atoms with Gasteiger partial charge in [0.05, 0.1) is 0 Å². The lowest BCUT2D eigenvalue weighted by molar-refractivity contribution is 0.325. The zero-order valence-electron chi connectivity index (χ0n) is 10.3. The van der Waals surface area contributed by atoms with Gasteiger partial charge >= 0.3 is 0 Å². The van der Waals surface area contributed by atoms with Crippen LogP contribution in [0.1, 0.15) is 31.4 Å². The van der Waals surface area contributed by atoms with Crippen LogP contribution in [0.25, 0.3) is 0 Å². The Balaban J connectivity index is 0.00000144. The molecule has 17 heavy (non-hydrogen) atoms. The molecule has 1 aliphatic heterocycles. The van der Waals surface area contributed by atoms with Crippen LogP contribution < -0.4 is 5.32 Å². The van der Waals surface area contributed by atoms with Gasteiger partial charge in [-0.15, -0.1) is 12.4 Å². The molecule has 1 heterocycles. The van der Waals surface area contributed by atoms with Crippen molar-refractivity contribution >= 4 is 23.6 Å². The molecule has 3 atom stereocenters. The van der Waals surface area contributed by atoms with E-state index < -0.39 is 11.2 Å². The minimum atomic E-state index is -0.870. The minimum absolute atomic E-state index is 0. The molecule has 0 spiro atoms. The van der Waals surface area contributed by atoms with Crippen molar-refractivity contribution in [2.45, 2.75) is 30.7 Å². The minimum Gasteiger partial charge on any atom is -0.612 e. The molecule has 0 aromatic heterocycles. The highest BCUT2D eigenvalue weighted by atomic mass is 35.5. The lowest BCUT2D eigenvalue weighted by atomic mass is 9.90. The second-order valence-corrected chi connectivity index (χ2v) is 6.04. The molecule has 0 bridgehead atoms. The van der Waals surface area contributed by atoms with E-state index in [1.807, 2.05) is 12.1 Å². The number of nitrogens with one attached hydrogen (secondary N) is 1. The third-order valence-electron chi connectivity index (χ3n) is 3.28. The first-order chi connectivity index (χ1) is 7.66. The molecule has 1 saturated heterocycles. The molecule has 1 fully saturated rings. The fraction of sp³-hybridized carbons (Fsp3) is 0.538. The SMILES string of the molecule is C[C@@H]1CCN[C@H](c2ccc([S+](C)[O-])cc2)C1.Cl. The fourth-order valence-electron chi connectivity index (χ4n) is 2.25. The Hall–Kier alpha value is -0.220. The van der Waals surface area contributed by atoms with Gasteiger partial charge in [0.15, 0.2) is 4.90 Å². The molecule has 2 rings (SSSR count). The molecular formula is C13H20ClNOS. The summed E-state index contributed by atoms with van der Waals surface area (Å²) in [6, 6.07) is 8.64. The predicted molar refractivity (Wildman–Crippen MR) is 75.2 cm³/mol. The summed E-state index contributed by atoms with van der Waals surface area (Å²) in [6.45, 7) is 3.41. The summed E-state index contributed by atoms with van der Waals surface area (Å²) in [7, 11) is 0. The first-order valence-corrected chi connectivity index (χ1v) is 7.39. The van der Waals surface area contributed by atoms with Gasteiger partial charge in [0.25, 0.3) is 0 Å². The van der Waals surface area contributed by atoms with Crippen LogP contribution in [0.3, 0.4) is 0 Å². The number of halogens is 1. The first-order valence-electron chi connectivity index (χ1n) is 5.83. The smallest absolute Gasteiger partial charge is 0.152 e. The van der Waals surface area contributed by atoms with Gasteiger partial charge in [-0.1, -0.05) is 19.1 Å². The molecule has 2 nitrogen and oxygen atoms in total. The number of hydrogen-bond acceptors (Lipinski definition) is 2. The summed E-state index contributed by atoms with van der Waals surface area (Å²) >= 11 is -0.870. The molecule has 1 aliphatic rings. The van der Waals surface area contributed by atoms with Gasteiger partial charge < -0.3 is 9.87 Å². The summed E-state index contributed by atoms with van der Waals surface area (Å²) in [5.41, 5.74) is 1.32. The van der Waals surface area contributed by atoms with Crippen LogP contribution in [-0.2, 0) is 11.2 Å². The van der Waals surface area contributed by atoms with Crippen LogP contribution >= 0.6 is 12.4 Å². The van der Waals surface area contributed by atoms with E-state index in [-0.39, 0.29) is 12.4 Å². The first kappa shape index (κ1) is 14.8. The van der Waals surface area contributed by atoms with E-state index in [9.17, 15) is 4.55 Å². The second kappa shape index (κ2) is 6.64. The molecule has 96 valence electrons. The molecule has 1 N–H and O–H groups in total. The monoisotopic (exact) mass is 273 g/mol. The third-order valence-corrected chi connectivity index (χ3v) is 4.22. The van der Waals surface area contributed by atoms with Crippen LogP contribution in [0.4, 0.5) is 0 Å². The standard InChI is InChI=1S/C13H19NOS.ClH/c1-10-7-8-14-13(9-10)11-3-5-12(6-4-11)16(2)15;/h3-6,10,13-14H,7-9H2,1-2H3;1H/t10-,13+,16?;/m1./s1. The van der Waals surface area contributed by atoms with Crippen molar-refractivity contribution in [3.05, 3.63) is 29.8 Å². The van der Waals surface area contributed by atoms with E-state index >= 15 is 0 Å². The van der Waals surface area contributed by atoms with Crippen LogP contribution in [0.2, 0.25) is 0 Å². The lowest BCUT2D eigenvalue weighted by Gasteiger charge is -2.28. The number of benzene rings is 1. The molecule has 1 unspecified atom stereocenters. The molecule has 0 saturated carbocycles. The van der Waals surface area contributed by atoms with E-state index in [4.69, 9.17) is 0 Å². The van der Waals surface area contributed by atoms with E-state index in [0.717, 1.165) is 17.4 Å². The average Bonchev–Trinajstić information content (AvgIpc) is 2.29. The fourth-order valence-corrected chi connectivity index (χ4v) is 2.77. The molecule has 1 aromatic rings. The summed E-state index contributed by atoms with van der Waals surface area (Å²) in [5, 5.41) is 3.54. The topological polar surface area (TPSA) is 35.1 Å². The zero-order chi connectivity index (χ0) is 11.5. The van der Waals surface area contributed by atoms with Gasteiger partial charge in [0, 0.05) is 6.04 Å².